The van der Waals surface area contributed by atoms with Gasteiger partial charge in [0.1, 0.15) is 5.65 Å². The maximum Gasteiger partial charge on any atom is 0.171 e. The van der Waals surface area contributed by atoms with Gasteiger partial charge in [0, 0.05) is 26.7 Å². The van der Waals surface area contributed by atoms with E-state index in [1.807, 2.05) is 72.8 Å². The molecule has 10 aromatic rings. The molecule has 3 nitrogen and oxygen atoms in total. The number of pyridine rings is 1. The van der Waals surface area contributed by atoms with Crippen LogP contribution in [0.1, 0.15) is 0 Å². The minimum Gasteiger partial charge on any atom is -0.309 e. The van der Waals surface area contributed by atoms with Gasteiger partial charge < -0.3 is 4.57 Å². The van der Waals surface area contributed by atoms with E-state index in [2.05, 4.69) is 120 Å². The minimum atomic E-state index is -3.02. The molecule has 0 aliphatic carbocycles. The molecule has 2 heterocycles. The quantitative estimate of drug-likeness (QED) is 0.104. The summed E-state index contributed by atoms with van der Waals surface area (Å²) in [5, 5.41) is 8.52. The molecule has 4 heteroatoms. The molecule has 51 heavy (non-hydrogen) atoms. The molecule has 0 spiro atoms. The lowest BCUT2D eigenvalue weighted by atomic mass is 9.97. The van der Waals surface area contributed by atoms with Gasteiger partial charge >= 0.3 is 0 Å². The van der Waals surface area contributed by atoms with Gasteiger partial charge in [0.15, 0.2) is 7.14 Å². The van der Waals surface area contributed by atoms with Crippen LogP contribution in [-0.4, -0.2) is 9.38 Å². The molecule has 8 aromatic carbocycles. The fourth-order valence-corrected chi connectivity index (χ4v) is 10.3. The molecular formula is C47H31N2OP. The maximum atomic E-state index is 14.8. The van der Waals surface area contributed by atoms with Crippen molar-refractivity contribution in [1.82, 2.24) is 9.38 Å². The molecule has 0 atom stereocenters. The fraction of sp³-hybridized carbons (Fsp3) is 0. The first-order valence-electron chi connectivity index (χ1n) is 17.2. The summed E-state index contributed by atoms with van der Waals surface area (Å²) in [7, 11) is -3.02. The summed E-state index contributed by atoms with van der Waals surface area (Å²) in [5.74, 6) is 0. The van der Waals surface area contributed by atoms with E-state index in [0.717, 1.165) is 65.8 Å². The Kier molecular flexibility index (Phi) is 6.77. The lowest BCUT2D eigenvalue weighted by Crippen LogP contribution is -2.24. The predicted octanol–water partition coefficient (Wildman–Crippen LogP) is 10.9. The third-order valence-corrected chi connectivity index (χ3v) is 13.3. The van der Waals surface area contributed by atoms with Crippen molar-refractivity contribution < 1.29 is 4.57 Å². The fourth-order valence-electron chi connectivity index (χ4n) is 7.66. The zero-order valence-electron chi connectivity index (χ0n) is 27.6. The van der Waals surface area contributed by atoms with E-state index in [1.165, 1.54) is 21.5 Å². The highest BCUT2D eigenvalue weighted by Gasteiger charge is 2.29. The summed E-state index contributed by atoms with van der Waals surface area (Å²) < 4.78 is 17.1. The monoisotopic (exact) mass is 670 g/mol. The van der Waals surface area contributed by atoms with Crippen molar-refractivity contribution in [2.75, 3.05) is 0 Å². The Labute approximate surface area is 295 Å². The number of imidazole rings is 1. The van der Waals surface area contributed by atoms with Crippen LogP contribution in [0.25, 0.3) is 71.4 Å². The zero-order valence-corrected chi connectivity index (χ0v) is 28.5. The molecule has 0 fully saturated rings. The average molecular weight is 671 g/mol. The Hall–Kier alpha value is -6.28. The Morgan fingerprint density at radius 2 is 0.882 bits per heavy atom. The third-order valence-electron chi connectivity index (χ3n) is 10.2. The number of rotatable bonds is 5. The second kappa shape index (κ2) is 11.7. The molecule has 0 aliphatic heterocycles. The van der Waals surface area contributed by atoms with Gasteiger partial charge in [-0.25, -0.2) is 4.98 Å². The van der Waals surface area contributed by atoms with Crippen molar-refractivity contribution in [2.45, 2.75) is 0 Å². The number of benzene rings is 8. The van der Waals surface area contributed by atoms with Crippen LogP contribution in [0, 0.1) is 0 Å². The molecule has 0 amide bonds. The van der Waals surface area contributed by atoms with Crippen molar-refractivity contribution in [2.24, 2.45) is 0 Å². The summed E-state index contributed by atoms with van der Waals surface area (Å²) in [6, 6.07) is 65.0. The van der Waals surface area contributed by atoms with Crippen LogP contribution in [0.15, 0.2) is 188 Å². The lowest BCUT2D eigenvalue weighted by Gasteiger charge is -2.20. The van der Waals surface area contributed by atoms with E-state index in [-0.39, 0.29) is 0 Å². The molecular weight excluding hydrogens is 640 g/mol. The van der Waals surface area contributed by atoms with Crippen molar-refractivity contribution in [1.29, 1.82) is 0 Å². The van der Waals surface area contributed by atoms with Gasteiger partial charge in [0.2, 0.25) is 0 Å². The smallest absolute Gasteiger partial charge is 0.171 e. The van der Waals surface area contributed by atoms with Crippen LogP contribution in [0.2, 0.25) is 0 Å². The molecule has 0 radical (unpaired) electrons. The van der Waals surface area contributed by atoms with Gasteiger partial charge in [-0.15, -0.1) is 0 Å². The number of fused-ring (bicyclic) bond motifs is 9. The second-order valence-corrected chi connectivity index (χ2v) is 15.9. The van der Waals surface area contributed by atoms with Crippen LogP contribution in [0.4, 0.5) is 0 Å². The van der Waals surface area contributed by atoms with E-state index in [9.17, 15) is 4.57 Å². The first kappa shape index (κ1) is 29.6. The standard InChI is InChI=1S/C47H31N2OP/c50-51(38-13-3-1-4-14-38,39-15-5-2-6-16-39)40-26-23-33(24-27-40)32-19-21-34(22-20-32)37-25-28-41-42-29-35-11-7-8-12-36(35)30-43(42)47-48-44-17-9-10-18-45(44)49(47)46(41)31-37/h1-31H. The number of para-hydroxylation sites is 2. The normalized spacial score (nSPS) is 12.0. The van der Waals surface area contributed by atoms with Crippen molar-refractivity contribution in [3.05, 3.63) is 188 Å². The summed E-state index contributed by atoms with van der Waals surface area (Å²) >= 11 is 0. The maximum absolute atomic E-state index is 14.8. The molecule has 0 unspecified atom stereocenters. The summed E-state index contributed by atoms with van der Waals surface area (Å²) in [6.45, 7) is 0. The van der Waals surface area contributed by atoms with Gasteiger partial charge in [-0.1, -0.05) is 158 Å². The highest BCUT2D eigenvalue weighted by atomic mass is 31.2. The highest BCUT2D eigenvalue weighted by molar-refractivity contribution is 7.85. The van der Waals surface area contributed by atoms with E-state index in [0.29, 0.717) is 0 Å². The van der Waals surface area contributed by atoms with Gasteiger partial charge in [-0.05, 0) is 68.7 Å². The summed E-state index contributed by atoms with van der Waals surface area (Å²) in [5.41, 5.74) is 8.70. The van der Waals surface area contributed by atoms with Crippen LogP contribution in [0.3, 0.4) is 0 Å². The number of nitrogens with zero attached hydrogens (tertiary/aromatic N) is 2. The Morgan fingerprint density at radius 3 is 1.53 bits per heavy atom. The minimum absolute atomic E-state index is 0.829. The van der Waals surface area contributed by atoms with E-state index in [1.54, 1.807) is 0 Å². The Balaban J connectivity index is 1.06. The highest BCUT2D eigenvalue weighted by Crippen LogP contribution is 2.43. The zero-order chi connectivity index (χ0) is 33.9. The molecule has 0 bridgehead atoms. The van der Waals surface area contributed by atoms with Gasteiger partial charge in [-0.3, -0.25) is 4.40 Å². The number of aromatic nitrogens is 2. The SMILES string of the molecule is O=P(c1ccccc1)(c1ccccc1)c1ccc(-c2ccc(-c3ccc4c5cc6ccccc6cc5c5nc6ccccc6n5c4c3)cc2)cc1. The molecule has 0 saturated heterocycles. The lowest BCUT2D eigenvalue weighted by molar-refractivity contribution is 0.592. The van der Waals surface area contributed by atoms with Gasteiger partial charge in [-0.2, -0.15) is 0 Å². The Morgan fingerprint density at radius 1 is 0.392 bits per heavy atom. The van der Waals surface area contributed by atoms with Crippen LogP contribution < -0.4 is 15.9 Å². The molecule has 2 aromatic heterocycles. The van der Waals surface area contributed by atoms with Gasteiger partial charge in [0.05, 0.1) is 16.6 Å². The van der Waals surface area contributed by atoms with Crippen molar-refractivity contribution in [3.8, 4) is 22.3 Å². The van der Waals surface area contributed by atoms with Crippen molar-refractivity contribution in [3.63, 3.8) is 0 Å². The first-order chi connectivity index (χ1) is 25.1. The van der Waals surface area contributed by atoms with Crippen molar-refractivity contribution >= 4 is 72.2 Å². The van der Waals surface area contributed by atoms with Crippen LogP contribution in [0.5, 0.6) is 0 Å². The van der Waals surface area contributed by atoms with Crippen LogP contribution in [-0.2, 0) is 4.57 Å². The third kappa shape index (κ3) is 4.74. The Bertz CT molecular complexity index is 2920. The van der Waals surface area contributed by atoms with Crippen LogP contribution >= 0.6 is 7.14 Å². The average Bonchev–Trinajstić information content (AvgIpc) is 3.61. The summed E-state index contributed by atoms with van der Waals surface area (Å²) in [6.07, 6.45) is 0. The molecule has 0 saturated carbocycles. The molecule has 0 N–H and O–H groups in total. The number of hydrogen-bond acceptors (Lipinski definition) is 2. The molecule has 10 rings (SSSR count). The van der Waals surface area contributed by atoms with E-state index < -0.39 is 7.14 Å². The topological polar surface area (TPSA) is 34.4 Å². The van der Waals surface area contributed by atoms with Gasteiger partial charge in [0.25, 0.3) is 0 Å². The molecule has 240 valence electrons. The second-order valence-electron chi connectivity index (χ2n) is 13.1. The number of hydrogen-bond donors (Lipinski definition) is 0. The van der Waals surface area contributed by atoms with E-state index in [4.69, 9.17) is 4.98 Å². The first-order valence-corrected chi connectivity index (χ1v) is 18.9. The predicted molar refractivity (Wildman–Crippen MR) is 215 cm³/mol. The summed E-state index contributed by atoms with van der Waals surface area (Å²) in [4.78, 5) is 5.15. The molecule has 0 aliphatic rings. The largest absolute Gasteiger partial charge is 0.309 e. The van der Waals surface area contributed by atoms with E-state index >= 15 is 0 Å².